The van der Waals surface area contributed by atoms with Gasteiger partial charge in [-0.15, -0.1) is 12.4 Å². The van der Waals surface area contributed by atoms with Crippen LogP contribution in [0.2, 0.25) is 0 Å². The Morgan fingerprint density at radius 1 is 1.38 bits per heavy atom. The highest BCUT2D eigenvalue weighted by Crippen LogP contribution is 2.40. The van der Waals surface area contributed by atoms with Crippen molar-refractivity contribution in [1.82, 2.24) is 0 Å². The van der Waals surface area contributed by atoms with Gasteiger partial charge in [-0.25, -0.2) is 0 Å². The second-order valence-corrected chi connectivity index (χ2v) is 7.66. The minimum absolute atomic E-state index is 0. The Bertz CT molecular complexity index is 742. The average molecular weight is 465 g/mol. The Morgan fingerprint density at radius 2 is 2.00 bits per heavy atom. The predicted molar refractivity (Wildman–Crippen MR) is 101 cm³/mol. The maximum Gasteiger partial charge on any atom is 0.455 e. The summed E-state index contributed by atoms with van der Waals surface area (Å²) in [6.07, 6.45) is -5.86. The molecule has 0 bridgehead atoms. The number of hydrogen-bond donors (Lipinski definition) is 2. The first kappa shape index (κ1) is 25.7. The van der Waals surface area contributed by atoms with E-state index >= 15 is 0 Å². The number of halogens is 5. The minimum atomic E-state index is -5.04. The molecule has 0 amide bonds. The predicted octanol–water partition coefficient (Wildman–Crippen LogP) is 3.05. The molecule has 0 aromatic heterocycles. The largest absolute Gasteiger partial charge is 0.455 e. The molecule has 1 saturated heterocycles. The van der Waals surface area contributed by atoms with Gasteiger partial charge in [0, 0.05) is 25.8 Å². The molecule has 0 unspecified atom stereocenters. The standard InChI is InChI=1S/C16H20F4N2O5S.ClH/c1-15(26-2,16(18,19)20)27-12-5-8(4-10(17)13(12)22(24)25)3-9-6-28-7-11(21)14(9)23;/h4-5,9,11,14,23H,3,6-7,21H2,1-2H3;1H/t9-,11+,14+,15-;/m1./s1. The summed E-state index contributed by atoms with van der Waals surface area (Å²) >= 11 is 1.48. The van der Waals surface area contributed by atoms with Crippen LogP contribution in [0.3, 0.4) is 0 Å². The number of nitrogens with two attached hydrogens (primary N) is 1. The SMILES string of the molecule is CO[C@](C)(Oc1cc(C[C@@H]2CSC[C@H](N)[C@H]2O)cc(F)c1[N+](=O)[O-])C(F)(F)F.Cl. The first-order valence-electron chi connectivity index (χ1n) is 8.18. The van der Waals surface area contributed by atoms with E-state index in [4.69, 9.17) is 10.5 Å². The third-order valence-electron chi connectivity index (χ3n) is 4.54. The summed E-state index contributed by atoms with van der Waals surface area (Å²) in [7, 11) is 0.719. The highest BCUT2D eigenvalue weighted by Gasteiger charge is 2.55. The summed E-state index contributed by atoms with van der Waals surface area (Å²) in [5.41, 5.74) is 4.70. The van der Waals surface area contributed by atoms with Crippen molar-refractivity contribution in [2.45, 2.75) is 37.5 Å². The maximum absolute atomic E-state index is 14.3. The zero-order valence-electron chi connectivity index (χ0n) is 15.4. The molecule has 3 N–H and O–H groups in total. The molecule has 2 rings (SSSR count). The zero-order valence-corrected chi connectivity index (χ0v) is 17.1. The van der Waals surface area contributed by atoms with Crippen LogP contribution in [0.4, 0.5) is 23.2 Å². The summed E-state index contributed by atoms with van der Waals surface area (Å²) in [4.78, 5) is 10.0. The third-order valence-corrected chi connectivity index (χ3v) is 5.83. The monoisotopic (exact) mass is 464 g/mol. The molecular formula is C16H21ClF4N2O5S. The Morgan fingerprint density at radius 3 is 2.52 bits per heavy atom. The van der Waals surface area contributed by atoms with Gasteiger partial charge in [-0.05, 0) is 35.8 Å². The molecule has 166 valence electrons. The van der Waals surface area contributed by atoms with Crippen molar-refractivity contribution in [2.75, 3.05) is 18.6 Å². The van der Waals surface area contributed by atoms with Crippen LogP contribution in [0.5, 0.6) is 5.75 Å². The molecule has 0 saturated carbocycles. The number of nitro groups is 1. The number of rotatable bonds is 6. The molecule has 1 aromatic carbocycles. The Balaban J connectivity index is 0.00000420. The molecule has 13 heteroatoms. The van der Waals surface area contributed by atoms with Crippen LogP contribution in [0, 0.1) is 21.8 Å². The molecule has 0 spiro atoms. The normalized spacial score (nSPS) is 24.3. The molecule has 0 radical (unpaired) electrons. The molecule has 29 heavy (non-hydrogen) atoms. The second kappa shape index (κ2) is 9.65. The Kier molecular flexibility index (Phi) is 8.55. The van der Waals surface area contributed by atoms with Crippen molar-refractivity contribution >= 4 is 29.9 Å². The van der Waals surface area contributed by atoms with E-state index in [0.717, 1.165) is 19.2 Å². The van der Waals surface area contributed by atoms with Gasteiger partial charge in [-0.2, -0.15) is 29.3 Å². The van der Waals surface area contributed by atoms with E-state index in [1.54, 1.807) is 0 Å². The molecule has 1 aliphatic rings. The van der Waals surface area contributed by atoms with E-state index in [2.05, 4.69) is 4.74 Å². The number of methoxy groups -OCH3 is 1. The van der Waals surface area contributed by atoms with Crippen molar-refractivity contribution < 1.29 is 37.1 Å². The Labute approximate surface area is 174 Å². The first-order chi connectivity index (χ1) is 12.9. The lowest BCUT2D eigenvalue weighted by atomic mass is 9.91. The summed E-state index contributed by atoms with van der Waals surface area (Å²) in [5, 5.41) is 21.3. The number of aliphatic hydroxyl groups excluding tert-OH is 1. The number of alkyl halides is 3. The van der Waals surface area contributed by atoms with Gasteiger partial charge in [0.2, 0.25) is 11.6 Å². The van der Waals surface area contributed by atoms with Gasteiger partial charge in [0.1, 0.15) is 0 Å². The zero-order chi connectivity index (χ0) is 21.3. The van der Waals surface area contributed by atoms with Crippen LogP contribution in [-0.4, -0.2) is 52.8 Å². The molecule has 0 aliphatic carbocycles. The lowest BCUT2D eigenvalue weighted by Gasteiger charge is -2.33. The first-order valence-corrected chi connectivity index (χ1v) is 9.34. The highest BCUT2D eigenvalue weighted by atomic mass is 35.5. The van der Waals surface area contributed by atoms with Crippen molar-refractivity contribution in [3.05, 3.63) is 33.6 Å². The van der Waals surface area contributed by atoms with Crippen LogP contribution >= 0.6 is 24.2 Å². The second-order valence-electron chi connectivity index (χ2n) is 6.59. The fraction of sp³-hybridized carbons (Fsp3) is 0.625. The van der Waals surface area contributed by atoms with Crippen molar-refractivity contribution in [1.29, 1.82) is 0 Å². The molecule has 4 atom stereocenters. The summed E-state index contributed by atoms with van der Waals surface area (Å²) < 4.78 is 63.1. The van der Waals surface area contributed by atoms with Gasteiger partial charge in [0.15, 0.2) is 0 Å². The van der Waals surface area contributed by atoms with E-state index in [-0.39, 0.29) is 30.3 Å². The average Bonchev–Trinajstić information content (AvgIpc) is 2.57. The summed E-state index contributed by atoms with van der Waals surface area (Å²) in [5.74, 6) is -4.82. The van der Waals surface area contributed by atoms with Gasteiger partial charge in [0.05, 0.1) is 11.0 Å². The number of benzene rings is 1. The van der Waals surface area contributed by atoms with Crippen LogP contribution < -0.4 is 10.5 Å². The van der Waals surface area contributed by atoms with E-state index in [9.17, 15) is 32.8 Å². The van der Waals surface area contributed by atoms with Crippen molar-refractivity contribution in [2.24, 2.45) is 11.7 Å². The van der Waals surface area contributed by atoms with Crippen molar-refractivity contribution in [3.8, 4) is 5.75 Å². The topological polar surface area (TPSA) is 108 Å². The molecule has 1 heterocycles. The molecule has 7 nitrogen and oxygen atoms in total. The van der Waals surface area contributed by atoms with E-state index in [1.807, 2.05) is 0 Å². The van der Waals surface area contributed by atoms with Gasteiger partial charge in [-0.3, -0.25) is 10.1 Å². The fourth-order valence-electron chi connectivity index (χ4n) is 2.81. The van der Waals surface area contributed by atoms with Gasteiger partial charge >= 0.3 is 17.7 Å². The fourth-order valence-corrected chi connectivity index (χ4v) is 4.03. The van der Waals surface area contributed by atoms with E-state index in [1.165, 1.54) is 11.8 Å². The van der Waals surface area contributed by atoms with Crippen LogP contribution in [0.25, 0.3) is 0 Å². The molecular weight excluding hydrogens is 444 g/mol. The maximum atomic E-state index is 14.3. The summed E-state index contributed by atoms with van der Waals surface area (Å²) in [6.45, 7) is 0.530. The lowest BCUT2D eigenvalue weighted by Crippen LogP contribution is -2.49. The van der Waals surface area contributed by atoms with Gasteiger partial charge < -0.3 is 20.3 Å². The number of nitrogens with zero attached hydrogens (tertiary/aromatic N) is 1. The molecule has 1 aliphatic heterocycles. The minimum Gasteiger partial charge on any atom is -0.446 e. The van der Waals surface area contributed by atoms with Crippen LogP contribution in [-0.2, 0) is 11.2 Å². The highest BCUT2D eigenvalue weighted by molar-refractivity contribution is 7.99. The van der Waals surface area contributed by atoms with Gasteiger partial charge in [0.25, 0.3) is 0 Å². The number of aliphatic hydroxyl groups is 1. The van der Waals surface area contributed by atoms with Crippen LogP contribution in [0.15, 0.2) is 12.1 Å². The lowest BCUT2D eigenvalue weighted by molar-refractivity contribution is -0.392. The summed E-state index contributed by atoms with van der Waals surface area (Å²) in [6, 6.07) is 1.31. The van der Waals surface area contributed by atoms with E-state index < -0.39 is 46.3 Å². The smallest absolute Gasteiger partial charge is 0.446 e. The van der Waals surface area contributed by atoms with Crippen molar-refractivity contribution in [3.63, 3.8) is 0 Å². The molecule has 1 aromatic rings. The quantitative estimate of drug-likeness (QED) is 0.288. The number of thioether (sulfide) groups is 1. The number of ether oxygens (including phenoxy) is 2. The number of nitro benzene ring substituents is 1. The van der Waals surface area contributed by atoms with E-state index in [0.29, 0.717) is 18.4 Å². The molecule has 1 fully saturated rings. The van der Waals surface area contributed by atoms with Gasteiger partial charge in [-0.1, -0.05) is 0 Å². The third kappa shape index (κ3) is 5.63. The number of hydrogen-bond acceptors (Lipinski definition) is 7. The Hall–Kier alpha value is -1.34. The van der Waals surface area contributed by atoms with Crippen LogP contribution in [0.1, 0.15) is 12.5 Å².